The Balaban J connectivity index is 0.000000921. The topological polar surface area (TPSA) is 41.5 Å². The van der Waals surface area contributed by atoms with Gasteiger partial charge in [-0.05, 0) is 26.3 Å². The largest absolute Gasteiger partial charge is 0.348 e. The van der Waals surface area contributed by atoms with E-state index in [4.69, 9.17) is 9.15 Å². The molecular weight excluding hydrogens is 281 g/mol. The number of hydrogen-bond acceptors (Lipinski definition) is 3. The van der Waals surface area contributed by atoms with Crippen molar-refractivity contribution in [3.05, 3.63) is 47.2 Å². The highest BCUT2D eigenvalue weighted by Crippen LogP contribution is 2.30. The Morgan fingerprint density at radius 3 is 2.14 bits per heavy atom. The molecule has 0 saturated carbocycles. The minimum atomic E-state index is -0.171. The molecule has 116 valence electrons. The molecule has 1 aliphatic rings. The number of benzene rings is 1. The Kier molecular flexibility index (Phi) is 8.76. The Hall–Kier alpha value is -2.11. The van der Waals surface area contributed by atoms with E-state index in [9.17, 15) is 9.18 Å². The molecule has 0 aromatic heterocycles. The third-order valence-corrected chi connectivity index (χ3v) is 2.86. The van der Waals surface area contributed by atoms with E-state index in [1.807, 2.05) is 44.2 Å². The summed E-state index contributed by atoms with van der Waals surface area (Å²) >= 11 is 0. The molecule has 0 spiro atoms. The van der Waals surface area contributed by atoms with E-state index >= 15 is 0 Å². The molecule has 1 aromatic rings. The molecule has 0 amide bonds. The molecular formula is C15H19F3N2O. The number of amidine groups is 1. The first-order chi connectivity index (χ1) is 10.1. The van der Waals surface area contributed by atoms with Crippen molar-refractivity contribution in [2.45, 2.75) is 26.8 Å². The summed E-state index contributed by atoms with van der Waals surface area (Å²) in [6.45, 7) is 5.42. The predicted molar refractivity (Wildman–Crippen MR) is 78.1 cm³/mol. The number of carbonyl (C=O) groups excluding carboxylic acids is 1. The number of rotatable bonds is 2. The fraction of sp³-hybridized carbons (Fsp3) is 0.333. The van der Waals surface area contributed by atoms with Crippen LogP contribution in [-0.2, 0) is 4.79 Å². The Labute approximate surface area is 122 Å². The summed E-state index contributed by atoms with van der Waals surface area (Å²) in [6.07, 6.45) is 0. The fourth-order valence-electron chi connectivity index (χ4n) is 2.17. The van der Waals surface area contributed by atoms with Gasteiger partial charge < -0.3 is 5.32 Å². The summed E-state index contributed by atoms with van der Waals surface area (Å²) in [5, 5.41) is 3.12. The maximum Gasteiger partial charge on any atom is 0.160 e. The third-order valence-electron chi connectivity index (χ3n) is 2.86. The second-order valence-corrected chi connectivity index (χ2v) is 4.25. The number of halogens is 3. The van der Waals surface area contributed by atoms with Crippen LogP contribution < -0.4 is 5.32 Å². The number of nitrogens with one attached hydrogen (secondary N) is 1. The van der Waals surface area contributed by atoms with Crippen LogP contribution in [0.15, 0.2) is 46.6 Å². The molecule has 0 aliphatic carbocycles. The second-order valence-electron chi connectivity index (χ2n) is 4.25. The molecule has 1 heterocycles. The van der Waals surface area contributed by atoms with E-state index in [-0.39, 0.29) is 11.8 Å². The normalized spacial score (nSPS) is 16.5. The van der Waals surface area contributed by atoms with E-state index in [2.05, 4.69) is 10.3 Å². The minimum absolute atomic E-state index is 0.0695. The zero-order chi connectivity index (χ0) is 16.4. The molecule has 21 heavy (non-hydrogen) atoms. The van der Waals surface area contributed by atoms with E-state index in [0.29, 0.717) is 7.18 Å². The smallest absolute Gasteiger partial charge is 0.160 e. The lowest BCUT2D eigenvalue weighted by molar-refractivity contribution is -0.113. The Morgan fingerprint density at radius 1 is 1.14 bits per heavy atom. The van der Waals surface area contributed by atoms with Gasteiger partial charge in [0.15, 0.2) is 5.78 Å². The number of ketones is 1. The van der Waals surface area contributed by atoms with Crippen LogP contribution in [0.2, 0.25) is 0 Å². The highest BCUT2D eigenvalue weighted by atomic mass is 20.0. The van der Waals surface area contributed by atoms with Crippen molar-refractivity contribution >= 4 is 11.6 Å². The minimum Gasteiger partial charge on any atom is -0.348 e. The Bertz CT molecular complexity index is 513. The fourth-order valence-corrected chi connectivity index (χ4v) is 2.17. The summed E-state index contributed by atoms with van der Waals surface area (Å²) in [4.78, 5) is 16.3. The maximum atomic E-state index is 11.7. The van der Waals surface area contributed by atoms with Gasteiger partial charge in [-0.1, -0.05) is 30.3 Å². The summed E-state index contributed by atoms with van der Waals surface area (Å²) in [6, 6.07) is 9.73. The molecule has 1 unspecified atom stereocenters. The summed E-state index contributed by atoms with van der Waals surface area (Å²) in [5.41, 5.74) is 2.71. The third kappa shape index (κ3) is 5.06. The lowest BCUT2D eigenvalue weighted by Gasteiger charge is -2.24. The number of hydrogen-bond donors (Lipinski definition) is 1. The van der Waals surface area contributed by atoms with Crippen LogP contribution >= 0.6 is 0 Å². The van der Waals surface area contributed by atoms with Crippen molar-refractivity contribution in [2.75, 3.05) is 7.18 Å². The predicted octanol–water partition coefficient (Wildman–Crippen LogP) is 4.04. The van der Waals surface area contributed by atoms with Crippen molar-refractivity contribution in [1.29, 1.82) is 0 Å². The van der Waals surface area contributed by atoms with Crippen LogP contribution in [-0.4, -0.2) is 18.8 Å². The lowest BCUT2D eigenvalue weighted by Crippen LogP contribution is -2.28. The second kappa shape index (κ2) is 9.74. The lowest BCUT2D eigenvalue weighted by atomic mass is 9.94. The van der Waals surface area contributed by atoms with Crippen LogP contribution in [0.3, 0.4) is 0 Å². The van der Waals surface area contributed by atoms with E-state index in [0.717, 1.165) is 22.7 Å². The highest BCUT2D eigenvalue weighted by molar-refractivity contribution is 5.98. The van der Waals surface area contributed by atoms with Crippen molar-refractivity contribution in [3.8, 4) is 0 Å². The average molecular weight is 300 g/mol. The number of nitrogens with zero attached hydrogens (tertiary/aromatic N) is 1. The molecule has 0 fully saturated rings. The molecule has 0 saturated heterocycles. The van der Waals surface area contributed by atoms with Gasteiger partial charge in [-0.25, -0.2) is 0 Å². The van der Waals surface area contributed by atoms with Gasteiger partial charge in [-0.3, -0.25) is 14.2 Å². The van der Waals surface area contributed by atoms with Gasteiger partial charge >= 0.3 is 0 Å². The highest BCUT2D eigenvalue weighted by Gasteiger charge is 2.25. The van der Waals surface area contributed by atoms with Gasteiger partial charge in [0.2, 0.25) is 0 Å². The molecule has 6 heteroatoms. The molecule has 1 aromatic carbocycles. The van der Waals surface area contributed by atoms with Gasteiger partial charge in [-0.2, -0.15) is 0 Å². The summed E-state index contributed by atoms with van der Waals surface area (Å²) in [5.74, 6) is 0.918. The number of carbonyl (C=O) groups is 1. The first-order valence-electron chi connectivity index (χ1n) is 6.19. The van der Waals surface area contributed by atoms with E-state index in [1.165, 1.54) is 0 Å². The van der Waals surface area contributed by atoms with E-state index in [1.54, 1.807) is 6.92 Å². The zero-order valence-electron chi connectivity index (χ0n) is 12.5. The van der Waals surface area contributed by atoms with Crippen LogP contribution in [0, 0.1) is 0 Å². The van der Waals surface area contributed by atoms with Gasteiger partial charge in [0, 0.05) is 20.4 Å². The molecule has 0 bridgehead atoms. The first kappa shape index (κ1) is 18.9. The molecule has 2 rings (SSSR count). The molecule has 1 atom stereocenters. The Morgan fingerprint density at radius 2 is 1.67 bits per heavy atom. The van der Waals surface area contributed by atoms with Gasteiger partial charge in [-0.15, -0.1) is 0 Å². The van der Waals surface area contributed by atoms with Crippen LogP contribution in [0.5, 0.6) is 0 Å². The van der Waals surface area contributed by atoms with Gasteiger partial charge in [0.25, 0.3) is 0 Å². The van der Waals surface area contributed by atoms with Crippen molar-refractivity contribution in [1.82, 2.24) is 5.32 Å². The van der Waals surface area contributed by atoms with Crippen LogP contribution in [0.1, 0.15) is 32.4 Å². The number of allylic oxidation sites excluding steroid dienone is 1. The SMILES string of the molecule is CC(=O)C1=C(C)NC(C)=NC1c1ccccc1.CF.FF. The molecule has 1 N–H and O–H groups in total. The number of alkyl halides is 1. The van der Waals surface area contributed by atoms with E-state index < -0.39 is 0 Å². The monoisotopic (exact) mass is 300 g/mol. The number of Topliss-reactive ketones (excluding diaryl/α,β-unsaturated/α-hetero) is 1. The maximum absolute atomic E-state index is 11.7. The zero-order valence-corrected chi connectivity index (χ0v) is 12.5. The number of aliphatic imine (C=N–C) groups is 1. The van der Waals surface area contributed by atoms with Crippen LogP contribution in [0.25, 0.3) is 0 Å². The van der Waals surface area contributed by atoms with Gasteiger partial charge in [0.05, 0.1) is 13.0 Å². The van der Waals surface area contributed by atoms with Gasteiger partial charge in [0.1, 0.15) is 6.04 Å². The molecule has 1 aliphatic heterocycles. The van der Waals surface area contributed by atoms with Crippen molar-refractivity contribution in [2.24, 2.45) is 4.99 Å². The quantitative estimate of drug-likeness (QED) is 0.895. The molecule has 0 radical (unpaired) electrons. The van der Waals surface area contributed by atoms with Crippen molar-refractivity contribution < 1.29 is 18.3 Å². The average Bonchev–Trinajstić information content (AvgIpc) is 2.51. The first-order valence-corrected chi connectivity index (χ1v) is 6.19. The van der Waals surface area contributed by atoms with Crippen molar-refractivity contribution in [3.63, 3.8) is 0 Å². The molecule has 3 nitrogen and oxygen atoms in total. The standard InChI is InChI=1S/C14H16N2O.CH3F.F2/c1-9-13(10(2)17)14(16-11(3)15-9)12-7-5-4-6-8-12;2*1-2/h4-8,14H,1-3H3,(H,15,16);1H3;. The summed E-state index contributed by atoms with van der Waals surface area (Å²) < 4.78 is 25.5. The van der Waals surface area contributed by atoms with Crippen LogP contribution in [0.4, 0.5) is 13.5 Å². The summed E-state index contributed by atoms with van der Waals surface area (Å²) in [7, 11) is 0.500.